The summed E-state index contributed by atoms with van der Waals surface area (Å²) in [4.78, 5) is 14.2. The molecule has 0 radical (unpaired) electrons. The highest BCUT2D eigenvalue weighted by molar-refractivity contribution is 8.26. The van der Waals surface area contributed by atoms with Gasteiger partial charge in [-0.1, -0.05) is 24.0 Å². The fourth-order valence-corrected chi connectivity index (χ4v) is 3.31. The molecule has 0 atom stereocenters. The summed E-state index contributed by atoms with van der Waals surface area (Å²) in [7, 11) is 2.91. The molecule has 21 heavy (non-hydrogen) atoms. The molecule has 0 bridgehead atoms. The normalized spacial score (nSPS) is 16.7. The maximum Gasteiger partial charge on any atom is 0.266 e. The number of thiocarbonyl (C=S) groups is 1. The maximum absolute atomic E-state index is 12.2. The molecule has 1 aliphatic rings. The number of hydrogen-bond donors (Lipinski definition) is 1. The van der Waals surface area contributed by atoms with Crippen LogP contribution in [-0.2, 0) is 4.79 Å². The van der Waals surface area contributed by atoms with Crippen LogP contribution in [0.15, 0.2) is 17.0 Å². The molecule has 0 saturated carbocycles. The number of thioether (sulfide) groups is 1. The molecular formula is C14H15NO4S2. The SMILES string of the molecule is CCN1C(=O)/C(=C\c2cc(OC)c(O)c(OC)c2)SC1=S. The van der Waals surface area contributed by atoms with Gasteiger partial charge in [0.1, 0.15) is 4.32 Å². The smallest absolute Gasteiger partial charge is 0.266 e. The van der Waals surface area contributed by atoms with Crippen LogP contribution in [0.25, 0.3) is 6.08 Å². The lowest BCUT2D eigenvalue weighted by molar-refractivity contribution is -0.121. The zero-order valence-electron chi connectivity index (χ0n) is 11.9. The summed E-state index contributed by atoms with van der Waals surface area (Å²) in [6.07, 6.45) is 1.71. The van der Waals surface area contributed by atoms with Gasteiger partial charge in [-0.15, -0.1) is 0 Å². The minimum atomic E-state index is -0.112. The number of nitrogens with zero attached hydrogens (tertiary/aromatic N) is 1. The molecule has 1 heterocycles. The Hall–Kier alpha value is -1.73. The Labute approximate surface area is 132 Å². The molecule has 0 spiro atoms. The minimum Gasteiger partial charge on any atom is -0.502 e. The van der Waals surface area contributed by atoms with E-state index in [1.165, 1.54) is 26.0 Å². The first-order valence-corrected chi connectivity index (χ1v) is 7.44. The number of likely N-dealkylation sites (N-methyl/N-ethyl adjacent to an activating group) is 1. The summed E-state index contributed by atoms with van der Waals surface area (Å²) in [5.74, 6) is 0.384. The molecule has 2 rings (SSSR count). The van der Waals surface area contributed by atoms with Crippen molar-refractivity contribution >= 4 is 40.3 Å². The van der Waals surface area contributed by atoms with Crippen molar-refractivity contribution in [2.75, 3.05) is 20.8 Å². The van der Waals surface area contributed by atoms with Crippen molar-refractivity contribution in [1.82, 2.24) is 4.90 Å². The van der Waals surface area contributed by atoms with Crippen molar-refractivity contribution in [1.29, 1.82) is 0 Å². The standard InChI is InChI=1S/C14H15NO4S2/c1-4-15-13(17)11(21-14(15)20)7-8-5-9(18-2)12(16)10(6-8)19-3/h5-7,16H,4H2,1-3H3/b11-7+. The van der Waals surface area contributed by atoms with Gasteiger partial charge in [-0.2, -0.15) is 0 Å². The third-order valence-corrected chi connectivity index (χ3v) is 4.37. The number of methoxy groups -OCH3 is 2. The lowest BCUT2D eigenvalue weighted by atomic mass is 10.1. The number of carbonyl (C=O) groups is 1. The average molecular weight is 325 g/mol. The van der Waals surface area contributed by atoms with Gasteiger partial charge in [-0.05, 0) is 30.7 Å². The van der Waals surface area contributed by atoms with Crippen molar-refractivity contribution in [3.05, 3.63) is 22.6 Å². The van der Waals surface area contributed by atoms with Gasteiger partial charge in [0.25, 0.3) is 5.91 Å². The fraction of sp³-hybridized carbons (Fsp3) is 0.286. The number of phenols is 1. The maximum atomic E-state index is 12.2. The van der Waals surface area contributed by atoms with Crippen LogP contribution in [0.4, 0.5) is 0 Å². The van der Waals surface area contributed by atoms with E-state index in [1.54, 1.807) is 23.1 Å². The van der Waals surface area contributed by atoms with Gasteiger partial charge in [0, 0.05) is 6.54 Å². The van der Waals surface area contributed by atoms with E-state index in [0.29, 0.717) is 21.3 Å². The number of hydrogen-bond acceptors (Lipinski definition) is 6. The Bertz CT molecular complexity index is 602. The number of amides is 1. The summed E-state index contributed by atoms with van der Waals surface area (Å²) in [6, 6.07) is 3.27. The van der Waals surface area contributed by atoms with Gasteiger partial charge in [0.05, 0.1) is 19.1 Å². The van der Waals surface area contributed by atoms with Crippen LogP contribution in [0.2, 0.25) is 0 Å². The Morgan fingerprint density at radius 2 is 1.90 bits per heavy atom. The predicted molar refractivity (Wildman–Crippen MR) is 86.8 cm³/mol. The highest BCUT2D eigenvalue weighted by Crippen LogP contribution is 2.39. The second-order valence-electron chi connectivity index (χ2n) is 4.20. The van der Waals surface area contributed by atoms with E-state index in [4.69, 9.17) is 21.7 Å². The monoisotopic (exact) mass is 325 g/mol. The van der Waals surface area contributed by atoms with E-state index in [9.17, 15) is 9.90 Å². The van der Waals surface area contributed by atoms with E-state index in [1.807, 2.05) is 6.92 Å². The second-order valence-corrected chi connectivity index (χ2v) is 5.88. The van der Waals surface area contributed by atoms with Crippen LogP contribution in [0.3, 0.4) is 0 Å². The zero-order valence-corrected chi connectivity index (χ0v) is 13.5. The number of rotatable bonds is 4. The van der Waals surface area contributed by atoms with Gasteiger partial charge in [0.2, 0.25) is 5.75 Å². The summed E-state index contributed by atoms with van der Waals surface area (Å²) in [6.45, 7) is 2.42. The Morgan fingerprint density at radius 3 is 2.33 bits per heavy atom. The molecule has 1 fully saturated rings. The van der Waals surface area contributed by atoms with E-state index < -0.39 is 0 Å². The van der Waals surface area contributed by atoms with Crippen LogP contribution in [0.1, 0.15) is 12.5 Å². The molecule has 1 amide bonds. The molecule has 1 aliphatic heterocycles. The molecule has 1 N–H and O–H groups in total. The second kappa shape index (κ2) is 6.36. The topological polar surface area (TPSA) is 59.0 Å². The molecule has 1 aromatic rings. The minimum absolute atomic E-state index is 0.0711. The lowest BCUT2D eigenvalue weighted by Crippen LogP contribution is -2.27. The Morgan fingerprint density at radius 1 is 1.33 bits per heavy atom. The summed E-state index contributed by atoms with van der Waals surface area (Å²) < 4.78 is 10.7. The molecule has 5 nitrogen and oxygen atoms in total. The van der Waals surface area contributed by atoms with Crippen molar-refractivity contribution < 1.29 is 19.4 Å². The number of aromatic hydroxyl groups is 1. The van der Waals surface area contributed by atoms with E-state index in [-0.39, 0.29) is 23.2 Å². The largest absolute Gasteiger partial charge is 0.502 e. The molecule has 7 heteroatoms. The highest BCUT2D eigenvalue weighted by atomic mass is 32.2. The number of benzene rings is 1. The highest BCUT2D eigenvalue weighted by Gasteiger charge is 2.30. The van der Waals surface area contributed by atoms with E-state index >= 15 is 0 Å². The van der Waals surface area contributed by atoms with Gasteiger partial charge >= 0.3 is 0 Å². The Kier molecular flexibility index (Phi) is 4.74. The van der Waals surface area contributed by atoms with E-state index in [0.717, 1.165) is 0 Å². The quantitative estimate of drug-likeness (QED) is 0.678. The summed E-state index contributed by atoms with van der Waals surface area (Å²) in [5.41, 5.74) is 0.693. The Balaban J connectivity index is 2.42. The van der Waals surface area contributed by atoms with E-state index in [2.05, 4.69) is 0 Å². The average Bonchev–Trinajstić information content (AvgIpc) is 2.74. The van der Waals surface area contributed by atoms with Gasteiger partial charge in [0.15, 0.2) is 11.5 Å². The van der Waals surface area contributed by atoms with Crippen LogP contribution in [0.5, 0.6) is 17.2 Å². The zero-order chi connectivity index (χ0) is 15.6. The third-order valence-electron chi connectivity index (χ3n) is 2.99. The van der Waals surface area contributed by atoms with Crippen LogP contribution < -0.4 is 9.47 Å². The number of ether oxygens (including phenoxy) is 2. The lowest BCUT2D eigenvalue weighted by Gasteiger charge is -2.10. The molecular weight excluding hydrogens is 310 g/mol. The van der Waals surface area contributed by atoms with Crippen LogP contribution in [0, 0.1) is 0 Å². The first-order chi connectivity index (χ1) is 10.0. The summed E-state index contributed by atoms with van der Waals surface area (Å²) >= 11 is 6.42. The molecule has 0 aromatic heterocycles. The van der Waals surface area contributed by atoms with Crippen molar-refractivity contribution in [3.63, 3.8) is 0 Å². The summed E-state index contributed by atoms with van der Waals surface area (Å²) in [5, 5.41) is 9.88. The number of carbonyl (C=O) groups excluding carboxylic acids is 1. The molecule has 112 valence electrons. The first-order valence-electron chi connectivity index (χ1n) is 6.22. The fourth-order valence-electron chi connectivity index (χ4n) is 1.92. The molecule has 0 aliphatic carbocycles. The predicted octanol–water partition coefficient (Wildman–Crippen LogP) is 2.63. The molecule has 1 saturated heterocycles. The number of phenolic OH excluding ortho intramolecular Hbond substituents is 1. The first kappa shape index (κ1) is 15.7. The van der Waals surface area contributed by atoms with Crippen LogP contribution in [-0.4, -0.2) is 41.0 Å². The molecule has 1 aromatic carbocycles. The molecule has 0 unspecified atom stereocenters. The third kappa shape index (κ3) is 2.98. The van der Waals surface area contributed by atoms with Gasteiger partial charge in [-0.3, -0.25) is 9.69 Å². The van der Waals surface area contributed by atoms with Gasteiger partial charge in [-0.25, -0.2) is 0 Å². The van der Waals surface area contributed by atoms with Crippen molar-refractivity contribution in [3.8, 4) is 17.2 Å². The van der Waals surface area contributed by atoms with Crippen molar-refractivity contribution in [2.45, 2.75) is 6.92 Å². The van der Waals surface area contributed by atoms with Crippen molar-refractivity contribution in [2.24, 2.45) is 0 Å². The van der Waals surface area contributed by atoms with Crippen LogP contribution >= 0.6 is 24.0 Å². The van der Waals surface area contributed by atoms with Gasteiger partial charge < -0.3 is 14.6 Å².